The Bertz CT molecular complexity index is 727. The fourth-order valence-electron chi connectivity index (χ4n) is 1.98. The second-order valence-electron chi connectivity index (χ2n) is 4.67. The number of aliphatic hydroxyl groups is 1. The van der Waals surface area contributed by atoms with Gasteiger partial charge >= 0.3 is 6.18 Å². The van der Waals surface area contributed by atoms with Crippen LogP contribution in [0.15, 0.2) is 42.2 Å². The van der Waals surface area contributed by atoms with Crippen molar-refractivity contribution >= 4 is 5.57 Å². The van der Waals surface area contributed by atoms with Crippen molar-refractivity contribution in [3.63, 3.8) is 0 Å². The Kier molecular flexibility index (Phi) is 3.60. The minimum Gasteiger partial charge on any atom is -0.492 e. The molecule has 0 spiro atoms. The second kappa shape index (κ2) is 5.47. The van der Waals surface area contributed by atoms with Crippen LogP contribution in [0.3, 0.4) is 0 Å². The van der Waals surface area contributed by atoms with Gasteiger partial charge in [0.2, 0.25) is 5.88 Å². The Morgan fingerprint density at radius 1 is 1.35 bits per heavy atom. The van der Waals surface area contributed by atoms with Gasteiger partial charge in [-0.15, -0.1) is 5.53 Å². The summed E-state index contributed by atoms with van der Waals surface area (Å²) in [7, 11) is 0. The molecule has 2 aliphatic heterocycles. The summed E-state index contributed by atoms with van der Waals surface area (Å²) < 4.78 is 54.3. The highest BCUT2D eigenvalue weighted by Crippen LogP contribution is 2.28. The minimum absolute atomic E-state index is 0.120. The number of aliphatic hydroxyl groups excluding tert-OH is 1. The number of fused-ring (bicyclic) bond motifs is 1. The van der Waals surface area contributed by atoms with Crippen molar-refractivity contribution in [2.24, 2.45) is 0 Å². The number of pyridine rings is 1. The van der Waals surface area contributed by atoms with Crippen molar-refractivity contribution in [3.8, 4) is 5.88 Å². The van der Waals surface area contributed by atoms with E-state index in [1.54, 1.807) is 18.4 Å². The van der Waals surface area contributed by atoms with E-state index in [2.05, 4.69) is 20.7 Å². The number of halogens is 4. The van der Waals surface area contributed by atoms with Crippen LogP contribution < -0.4 is 15.7 Å². The Labute approximate surface area is 127 Å². The maximum absolute atomic E-state index is 13.8. The first-order valence-electron chi connectivity index (χ1n) is 6.33. The third kappa shape index (κ3) is 3.21. The van der Waals surface area contributed by atoms with E-state index in [4.69, 9.17) is 0 Å². The molecule has 2 aliphatic rings. The molecule has 10 heteroatoms. The molecule has 0 saturated carbocycles. The second-order valence-corrected chi connectivity index (χ2v) is 4.67. The van der Waals surface area contributed by atoms with E-state index in [-0.39, 0.29) is 5.88 Å². The van der Waals surface area contributed by atoms with Crippen LogP contribution in [0.2, 0.25) is 0 Å². The SMILES string of the molecule is OC1=C2C=C(c3cnc(OCC(F)(F)F)c(F)c3)C=CN2NN1. The number of hydrogen-bond donors (Lipinski definition) is 3. The number of allylic oxidation sites excluding steroid dienone is 3. The average molecular weight is 330 g/mol. The molecule has 0 unspecified atom stereocenters. The summed E-state index contributed by atoms with van der Waals surface area (Å²) in [5, 5.41) is 11.1. The Balaban J connectivity index is 1.82. The lowest BCUT2D eigenvalue weighted by Gasteiger charge is -2.18. The van der Waals surface area contributed by atoms with Crippen LogP contribution in [-0.2, 0) is 0 Å². The number of nitrogens with zero attached hydrogens (tertiary/aromatic N) is 2. The van der Waals surface area contributed by atoms with Crippen molar-refractivity contribution in [2.75, 3.05) is 6.61 Å². The molecular weight excluding hydrogens is 320 g/mol. The standard InChI is InChI=1S/C13H10F4N4O2/c14-9-3-8(5-18-12(9)23-6-13(15,16)17)7-1-2-21-10(4-7)11(22)19-20-21/h1-5,19-20,22H,6H2. The molecular formula is C13H10F4N4O2. The van der Waals surface area contributed by atoms with E-state index in [0.29, 0.717) is 16.8 Å². The van der Waals surface area contributed by atoms with Crippen LogP contribution in [-0.4, -0.2) is 27.9 Å². The summed E-state index contributed by atoms with van der Waals surface area (Å²) in [4.78, 5) is 3.57. The van der Waals surface area contributed by atoms with Crippen molar-refractivity contribution in [2.45, 2.75) is 6.18 Å². The molecule has 0 atom stereocenters. The van der Waals surface area contributed by atoms with Crippen molar-refractivity contribution < 1.29 is 27.4 Å². The van der Waals surface area contributed by atoms with Crippen molar-refractivity contribution in [1.29, 1.82) is 0 Å². The van der Waals surface area contributed by atoms with Crippen molar-refractivity contribution in [3.05, 3.63) is 53.6 Å². The zero-order valence-corrected chi connectivity index (χ0v) is 11.4. The van der Waals surface area contributed by atoms with Gasteiger partial charge in [-0.3, -0.25) is 10.4 Å². The van der Waals surface area contributed by atoms with E-state index in [9.17, 15) is 22.7 Å². The largest absolute Gasteiger partial charge is 0.492 e. The number of hydrogen-bond acceptors (Lipinski definition) is 6. The number of nitrogens with one attached hydrogen (secondary N) is 2. The first-order chi connectivity index (χ1) is 10.8. The molecule has 23 heavy (non-hydrogen) atoms. The van der Waals surface area contributed by atoms with Crippen LogP contribution in [0, 0.1) is 5.82 Å². The van der Waals surface area contributed by atoms with Gasteiger partial charge in [0.1, 0.15) is 5.70 Å². The van der Waals surface area contributed by atoms with E-state index in [1.165, 1.54) is 11.2 Å². The minimum atomic E-state index is -4.57. The number of hydrazine groups is 2. The molecule has 0 bridgehead atoms. The van der Waals surface area contributed by atoms with Gasteiger partial charge in [0.15, 0.2) is 12.4 Å². The molecule has 1 aromatic heterocycles. The maximum atomic E-state index is 13.8. The summed E-state index contributed by atoms with van der Waals surface area (Å²) in [5.74, 6) is -1.85. The van der Waals surface area contributed by atoms with E-state index < -0.39 is 24.5 Å². The fourth-order valence-corrected chi connectivity index (χ4v) is 1.98. The van der Waals surface area contributed by atoms with E-state index in [0.717, 1.165) is 6.07 Å². The lowest BCUT2D eigenvalue weighted by molar-refractivity contribution is -0.154. The highest BCUT2D eigenvalue weighted by Gasteiger charge is 2.29. The monoisotopic (exact) mass is 330 g/mol. The molecule has 0 aliphatic carbocycles. The van der Waals surface area contributed by atoms with Gasteiger partial charge in [-0.05, 0) is 23.8 Å². The Hall–Kier alpha value is -2.75. The van der Waals surface area contributed by atoms with Gasteiger partial charge in [-0.2, -0.15) is 13.2 Å². The maximum Gasteiger partial charge on any atom is 0.422 e. The van der Waals surface area contributed by atoms with Gasteiger partial charge in [0, 0.05) is 18.0 Å². The summed E-state index contributed by atoms with van der Waals surface area (Å²) in [6.45, 7) is -1.62. The van der Waals surface area contributed by atoms with Gasteiger partial charge in [-0.25, -0.2) is 9.37 Å². The molecule has 0 amide bonds. The number of ether oxygens (including phenoxy) is 1. The molecule has 0 fully saturated rings. The van der Waals surface area contributed by atoms with Crippen LogP contribution in [0.5, 0.6) is 5.88 Å². The number of aromatic nitrogens is 1. The molecule has 6 nitrogen and oxygen atoms in total. The van der Waals surface area contributed by atoms with Crippen LogP contribution in [0.1, 0.15) is 5.56 Å². The lowest BCUT2D eigenvalue weighted by atomic mass is 10.0. The van der Waals surface area contributed by atoms with Crippen LogP contribution in [0.4, 0.5) is 17.6 Å². The summed E-state index contributed by atoms with van der Waals surface area (Å²) >= 11 is 0. The topological polar surface area (TPSA) is 69.7 Å². The van der Waals surface area contributed by atoms with E-state index in [1.807, 2.05) is 0 Å². The molecule has 122 valence electrons. The van der Waals surface area contributed by atoms with Crippen LogP contribution in [0.25, 0.3) is 5.57 Å². The predicted octanol–water partition coefficient (Wildman–Crippen LogP) is 2.12. The molecule has 0 saturated heterocycles. The van der Waals surface area contributed by atoms with Gasteiger partial charge in [-0.1, -0.05) is 0 Å². The first-order valence-corrected chi connectivity index (χ1v) is 6.33. The molecule has 0 aromatic carbocycles. The first kappa shape index (κ1) is 15.2. The quantitative estimate of drug-likeness (QED) is 0.738. The van der Waals surface area contributed by atoms with Crippen LogP contribution >= 0.6 is 0 Å². The molecule has 3 rings (SSSR count). The summed E-state index contributed by atoms with van der Waals surface area (Å²) in [6, 6.07) is 1.01. The van der Waals surface area contributed by atoms with Gasteiger partial charge in [0.25, 0.3) is 5.88 Å². The third-order valence-electron chi connectivity index (χ3n) is 3.01. The smallest absolute Gasteiger partial charge is 0.422 e. The zero-order valence-electron chi connectivity index (χ0n) is 11.4. The summed E-state index contributed by atoms with van der Waals surface area (Å²) in [6.07, 6.45) is 1.36. The molecule has 1 aromatic rings. The summed E-state index contributed by atoms with van der Waals surface area (Å²) in [5.41, 5.74) is 6.37. The van der Waals surface area contributed by atoms with Gasteiger partial charge in [0.05, 0.1) is 0 Å². The highest BCUT2D eigenvalue weighted by molar-refractivity contribution is 5.77. The molecule has 0 radical (unpaired) electrons. The van der Waals surface area contributed by atoms with E-state index >= 15 is 0 Å². The Morgan fingerprint density at radius 3 is 2.83 bits per heavy atom. The Morgan fingerprint density at radius 2 is 2.13 bits per heavy atom. The lowest BCUT2D eigenvalue weighted by Crippen LogP contribution is -2.34. The number of rotatable bonds is 3. The highest BCUT2D eigenvalue weighted by atomic mass is 19.4. The normalized spacial score (nSPS) is 17.0. The predicted molar refractivity (Wildman–Crippen MR) is 70.6 cm³/mol. The molecule has 3 heterocycles. The number of alkyl halides is 3. The average Bonchev–Trinajstić information content (AvgIpc) is 2.86. The van der Waals surface area contributed by atoms with Gasteiger partial charge < -0.3 is 9.84 Å². The zero-order chi connectivity index (χ0) is 16.6. The third-order valence-corrected chi connectivity index (χ3v) is 3.01. The fraction of sp³-hybridized carbons (Fsp3) is 0.154. The van der Waals surface area contributed by atoms with Crippen molar-refractivity contribution in [1.82, 2.24) is 21.0 Å². The molecule has 3 N–H and O–H groups in total.